The third-order valence-corrected chi connectivity index (χ3v) is 4.38. The smallest absolute Gasteiger partial charge is 0.310 e. The minimum absolute atomic E-state index is 0.0354. The Labute approximate surface area is 106 Å². The molecule has 5 heteroatoms. The highest BCUT2D eigenvalue weighted by Crippen LogP contribution is 2.57. The Morgan fingerprint density at radius 2 is 2.06 bits per heavy atom. The van der Waals surface area contributed by atoms with Gasteiger partial charge in [-0.2, -0.15) is 0 Å². The Morgan fingerprint density at radius 1 is 1.39 bits per heavy atom. The number of rotatable bonds is 1. The van der Waals surface area contributed by atoms with E-state index in [1.807, 2.05) is 20.8 Å². The fourth-order valence-corrected chi connectivity index (χ4v) is 3.83. The summed E-state index contributed by atoms with van der Waals surface area (Å²) in [5, 5.41) is 13.0. The summed E-state index contributed by atoms with van der Waals surface area (Å²) in [5.41, 5.74) is -0.328. The third-order valence-electron chi connectivity index (χ3n) is 4.38. The fourth-order valence-electron chi connectivity index (χ4n) is 3.83. The number of hydrogen-bond donors (Lipinski definition) is 2. The number of hydrogen-bond acceptors (Lipinski definition) is 4. The lowest BCUT2D eigenvalue weighted by Crippen LogP contribution is -2.50. The van der Waals surface area contributed by atoms with Crippen LogP contribution in [0.4, 0.5) is 0 Å². The van der Waals surface area contributed by atoms with E-state index >= 15 is 0 Å². The summed E-state index contributed by atoms with van der Waals surface area (Å²) in [6, 6.07) is 0. The number of fused-ring (bicyclic) bond motifs is 1. The molecule has 3 fully saturated rings. The summed E-state index contributed by atoms with van der Waals surface area (Å²) >= 11 is 0. The molecule has 6 atom stereocenters. The van der Waals surface area contributed by atoms with Crippen LogP contribution in [0, 0.1) is 23.7 Å². The number of nitrogens with one attached hydrogen (secondary N) is 1. The number of amides is 1. The molecule has 2 bridgehead atoms. The molecule has 0 aromatic rings. The Hall–Kier alpha value is -1.10. The standard InChI is InChI=1S/C13H19NO4/c1-13(2,3)14-11(16)7-5-4-6-8(7)12(17)18-10(6)9(5)15/h5-10,15H,4H2,1-3H3,(H,14,16)/t5-,6-,7-,8+,9+,10+/m1/s1. The number of carbonyl (C=O) groups is 2. The molecule has 2 N–H and O–H groups in total. The highest BCUT2D eigenvalue weighted by Gasteiger charge is 2.68. The van der Waals surface area contributed by atoms with E-state index < -0.39 is 12.0 Å². The van der Waals surface area contributed by atoms with E-state index in [0.29, 0.717) is 0 Å². The van der Waals surface area contributed by atoms with Crippen molar-refractivity contribution >= 4 is 11.9 Å². The van der Waals surface area contributed by atoms with Crippen molar-refractivity contribution in [1.82, 2.24) is 5.32 Å². The number of aliphatic hydroxyl groups excluding tert-OH is 1. The van der Waals surface area contributed by atoms with Crippen molar-refractivity contribution in [2.24, 2.45) is 23.7 Å². The Bertz CT molecular complexity index is 414. The fraction of sp³-hybridized carbons (Fsp3) is 0.846. The van der Waals surface area contributed by atoms with Crippen LogP contribution in [0.1, 0.15) is 27.2 Å². The highest BCUT2D eigenvalue weighted by atomic mass is 16.6. The SMILES string of the molecule is CC(C)(C)NC(=O)[C@@H]1[C@H]2C[C@H]3[C@H](OC(=O)[C@@H]31)[C@H]2O. The van der Waals surface area contributed by atoms with Gasteiger partial charge in [-0.15, -0.1) is 0 Å². The first kappa shape index (κ1) is 12.0. The van der Waals surface area contributed by atoms with Crippen LogP contribution in [0.3, 0.4) is 0 Å². The van der Waals surface area contributed by atoms with Gasteiger partial charge in [0.15, 0.2) is 0 Å². The summed E-state index contributed by atoms with van der Waals surface area (Å²) in [6.07, 6.45) is -0.315. The average Bonchev–Trinajstić information content (AvgIpc) is 2.78. The summed E-state index contributed by atoms with van der Waals surface area (Å²) in [5.74, 6) is -1.29. The predicted octanol–water partition coefficient (Wildman–Crippen LogP) is 0.0695. The molecule has 3 rings (SSSR count). The van der Waals surface area contributed by atoms with Crippen molar-refractivity contribution < 1.29 is 19.4 Å². The second kappa shape index (κ2) is 3.47. The van der Waals surface area contributed by atoms with E-state index in [1.54, 1.807) is 0 Å². The molecule has 1 saturated heterocycles. The normalized spacial score (nSPS) is 45.2. The molecule has 1 amide bonds. The lowest BCUT2D eigenvalue weighted by molar-refractivity contribution is -0.147. The van der Waals surface area contributed by atoms with Gasteiger partial charge in [0.25, 0.3) is 0 Å². The molecule has 2 saturated carbocycles. The van der Waals surface area contributed by atoms with Gasteiger partial charge in [-0.25, -0.2) is 0 Å². The van der Waals surface area contributed by atoms with Crippen LogP contribution < -0.4 is 5.32 Å². The van der Waals surface area contributed by atoms with Gasteiger partial charge in [0, 0.05) is 17.4 Å². The van der Waals surface area contributed by atoms with Crippen molar-refractivity contribution in [1.29, 1.82) is 0 Å². The predicted molar refractivity (Wildman–Crippen MR) is 62.4 cm³/mol. The maximum Gasteiger partial charge on any atom is 0.310 e. The van der Waals surface area contributed by atoms with E-state index in [2.05, 4.69) is 5.32 Å². The topological polar surface area (TPSA) is 75.6 Å². The Balaban J connectivity index is 1.85. The minimum atomic E-state index is -0.673. The molecule has 2 aliphatic carbocycles. The number of aliphatic hydroxyl groups is 1. The minimum Gasteiger partial charge on any atom is -0.459 e. The van der Waals surface area contributed by atoms with Crippen molar-refractivity contribution in [3.8, 4) is 0 Å². The van der Waals surface area contributed by atoms with Crippen LogP contribution >= 0.6 is 0 Å². The zero-order valence-corrected chi connectivity index (χ0v) is 10.8. The van der Waals surface area contributed by atoms with E-state index in [9.17, 15) is 14.7 Å². The van der Waals surface area contributed by atoms with Crippen LogP contribution in [0.2, 0.25) is 0 Å². The summed E-state index contributed by atoms with van der Waals surface area (Å²) < 4.78 is 5.19. The molecule has 0 spiro atoms. The third kappa shape index (κ3) is 1.49. The quantitative estimate of drug-likeness (QED) is 0.648. The van der Waals surface area contributed by atoms with Gasteiger partial charge in [0.2, 0.25) is 5.91 Å². The molecule has 100 valence electrons. The van der Waals surface area contributed by atoms with E-state index in [4.69, 9.17) is 4.74 Å². The molecule has 0 radical (unpaired) electrons. The van der Waals surface area contributed by atoms with Gasteiger partial charge in [-0.1, -0.05) is 0 Å². The molecule has 1 heterocycles. The first-order valence-electron chi connectivity index (χ1n) is 6.50. The van der Waals surface area contributed by atoms with Gasteiger partial charge in [-0.05, 0) is 27.2 Å². The molecule has 18 heavy (non-hydrogen) atoms. The molecule has 0 aromatic heterocycles. The zero-order valence-electron chi connectivity index (χ0n) is 10.8. The second-order valence-corrected chi connectivity index (χ2v) is 6.75. The molecule has 3 aliphatic rings. The first-order valence-corrected chi connectivity index (χ1v) is 6.50. The van der Waals surface area contributed by atoms with Crippen LogP contribution in [0.25, 0.3) is 0 Å². The van der Waals surface area contributed by atoms with Gasteiger partial charge in [0.1, 0.15) is 6.10 Å². The van der Waals surface area contributed by atoms with Gasteiger partial charge in [-0.3, -0.25) is 9.59 Å². The van der Waals surface area contributed by atoms with Crippen molar-refractivity contribution in [2.75, 3.05) is 0 Å². The van der Waals surface area contributed by atoms with Gasteiger partial charge in [0.05, 0.1) is 17.9 Å². The summed E-state index contributed by atoms with van der Waals surface area (Å²) in [6.45, 7) is 5.72. The lowest BCUT2D eigenvalue weighted by Gasteiger charge is -2.30. The zero-order chi connectivity index (χ0) is 13.2. The van der Waals surface area contributed by atoms with E-state index in [-0.39, 0.29) is 41.3 Å². The van der Waals surface area contributed by atoms with Crippen LogP contribution in [0.15, 0.2) is 0 Å². The molecule has 0 aromatic carbocycles. The lowest BCUT2D eigenvalue weighted by atomic mass is 9.77. The maximum atomic E-state index is 12.3. The summed E-state index contributed by atoms with van der Waals surface area (Å²) in [4.78, 5) is 24.1. The van der Waals surface area contributed by atoms with Gasteiger partial charge >= 0.3 is 5.97 Å². The van der Waals surface area contributed by atoms with E-state index in [1.165, 1.54) is 0 Å². The largest absolute Gasteiger partial charge is 0.459 e. The number of ether oxygens (including phenoxy) is 1. The monoisotopic (exact) mass is 253 g/mol. The molecular weight excluding hydrogens is 234 g/mol. The number of esters is 1. The van der Waals surface area contributed by atoms with Crippen molar-refractivity contribution in [3.05, 3.63) is 0 Å². The molecular formula is C13H19NO4. The number of carbonyl (C=O) groups excluding carboxylic acids is 2. The average molecular weight is 253 g/mol. The molecule has 0 unspecified atom stereocenters. The van der Waals surface area contributed by atoms with Crippen molar-refractivity contribution in [3.63, 3.8) is 0 Å². The Kier molecular flexibility index (Phi) is 2.31. The first-order chi connectivity index (χ1) is 8.29. The second-order valence-electron chi connectivity index (χ2n) is 6.75. The van der Waals surface area contributed by atoms with Crippen molar-refractivity contribution in [2.45, 2.75) is 44.9 Å². The van der Waals surface area contributed by atoms with Crippen LogP contribution in [-0.2, 0) is 14.3 Å². The highest BCUT2D eigenvalue weighted by molar-refractivity contribution is 5.89. The summed E-state index contributed by atoms with van der Waals surface area (Å²) in [7, 11) is 0. The Morgan fingerprint density at radius 3 is 2.67 bits per heavy atom. The molecule has 5 nitrogen and oxygen atoms in total. The van der Waals surface area contributed by atoms with Crippen LogP contribution in [-0.4, -0.2) is 34.7 Å². The molecule has 1 aliphatic heterocycles. The van der Waals surface area contributed by atoms with Gasteiger partial charge < -0.3 is 15.2 Å². The van der Waals surface area contributed by atoms with E-state index in [0.717, 1.165) is 6.42 Å². The maximum absolute atomic E-state index is 12.3. The van der Waals surface area contributed by atoms with Crippen LogP contribution in [0.5, 0.6) is 0 Å².